The normalized spacial score (nSPS) is 13.2. The van der Waals surface area contributed by atoms with Gasteiger partial charge in [0.05, 0.1) is 58.4 Å². The topological polar surface area (TPSA) is 109 Å². The van der Waals surface area contributed by atoms with Crippen molar-refractivity contribution in [1.82, 2.24) is 5.32 Å². The summed E-state index contributed by atoms with van der Waals surface area (Å²) in [6.07, 6.45) is -1.25. The Morgan fingerprint density at radius 1 is 0.925 bits per heavy atom. The minimum Gasteiger partial charge on any atom is -0.445 e. The molecule has 2 aromatic rings. The number of quaternary nitrogens is 1. The van der Waals surface area contributed by atoms with Crippen molar-refractivity contribution >= 4 is 16.2 Å². The van der Waals surface area contributed by atoms with Gasteiger partial charge in [-0.2, -0.15) is 8.42 Å². The maximum Gasteiger partial charge on any atom is 0.407 e. The van der Waals surface area contributed by atoms with E-state index in [1.807, 2.05) is 51.4 Å². The second kappa shape index (κ2) is 16.0. The van der Waals surface area contributed by atoms with Crippen molar-refractivity contribution in [3.8, 4) is 0 Å². The fraction of sp³-hybridized carbons (Fsp3) is 0.552. The molecular weight excluding hydrogens is 536 g/mol. The van der Waals surface area contributed by atoms with Gasteiger partial charge in [0.1, 0.15) is 13.2 Å². The lowest BCUT2D eigenvalue weighted by Gasteiger charge is -2.40. The van der Waals surface area contributed by atoms with Crippen LogP contribution in [0.15, 0.2) is 59.5 Å². The maximum absolute atomic E-state index is 13.3. The van der Waals surface area contributed by atoms with E-state index < -0.39 is 28.0 Å². The van der Waals surface area contributed by atoms with E-state index in [0.29, 0.717) is 39.6 Å². The van der Waals surface area contributed by atoms with E-state index in [1.165, 1.54) is 12.1 Å². The highest BCUT2D eigenvalue weighted by Crippen LogP contribution is 2.25. The molecule has 224 valence electrons. The molecule has 1 unspecified atom stereocenters. The first-order chi connectivity index (χ1) is 18.8. The van der Waals surface area contributed by atoms with Gasteiger partial charge < -0.3 is 28.7 Å². The van der Waals surface area contributed by atoms with Crippen LogP contribution in [0.2, 0.25) is 0 Å². The van der Waals surface area contributed by atoms with Crippen LogP contribution in [0.5, 0.6) is 0 Å². The lowest BCUT2D eigenvalue weighted by Crippen LogP contribution is -2.57. The number of hydrogen-bond acceptors (Lipinski definition) is 8. The molecule has 0 spiro atoms. The second-order valence-electron chi connectivity index (χ2n) is 10.8. The maximum atomic E-state index is 13.3. The van der Waals surface area contributed by atoms with E-state index in [2.05, 4.69) is 5.32 Å². The van der Waals surface area contributed by atoms with Crippen LogP contribution in [0, 0.1) is 6.92 Å². The van der Waals surface area contributed by atoms with Gasteiger partial charge in [-0.1, -0.05) is 48.0 Å². The molecule has 0 saturated carbocycles. The van der Waals surface area contributed by atoms with Crippen molar-refractivity contribution < 1.29 is 40.8 Å². The number of likely N-dealkylation sites (N-methyl/N-ethyl adjacent to an activating group) is 1. The summed E-state index contributed by atoms with van der Waals surface area (Å²) in [5, 5.41) is 2.86. The molecule has 0 fully saturated rings. The van der Waals surface area contributed by atoms with Gasteiger partial charge in [-0.15, -0.1) is 0 Å². The van der Waals surface area contributed by atoms with Crippen molar-refractivity contribution in [1.29, 1.82) is 0 Å². The highest BCUT2D eigenvalue weighted by molar-refractivity contribution is 7.86. The Morgan fingerprint density at radius 3 is 2.15 bits per heavy atom. The van der Waals surface area contributed by atoms with Crippen LogP contribution < -0.4 is 5.32 Å². The Kier molecular flexibility index (Phi) is 13.5. The zero-order valence-corrected chi connectivity index (χ0v) is 25.4. The molecule has 40 heavy (non-hydrogen) atoms. The summed E-state index contributed by atoms with van der Waals surface area (Å²) in [6, 6.07) is 15.9. The van der Waals surface area contributed by atoms with Gasteiger partial charge in [0.15, 0.2) is 0 Å². The van der Waals surface area contributed by atoms with Gasteiger partial charge in [0.2, 0.25) is 6.23 Å². The molecular formula is C29H45N2O8S+. The quantitative estimate of drug-likeness (QED) is 0.122. The summed E-state index contributed by atoms with van der Waals surface area (Å²) in [5.74, 6) is 0. The number of nitrogens with zero attached hydrogens (tertiary/aromatic N) is 1. The number of methoxy groups -OCH3 is 1. The number of nitrogens with one attached hydrogen (secondary N) is 1. The third kappa shape index (κ3) is 12.3. The van der Waals surface area contributed by atoms with Crippen molar-refractivity contribution in [2.24, 2.45) is 0 Å². The SMILES string of the molecule is COCCOCCOCC[N+](C)(C)C(CC(C)(C)NC(=O)OCc1ccccc1)OS(=O)(=O)c1ccc(C)cc1. The van der Waals surface area contributed by atoms with Crippen LogP contribution in [0.1, 0.15) is 31.4 Å². The molecule has 1 N–H and O–H groups in total. The highest BCUT2D eigenvalue weighted by atomic mass is 32.2. The lowest BCUT2D eigenvalue weighted by molar-refractivity contribution is -0.934. The molecule has 1 amide bonds. The second-order valence-corrected chi connectivity index (χ2v) is 12.4. The van der Waals surface area contributed by atoms with E-state index in [1.54, 1.807) is 33.1 Å². The Bertz CT molecular complexity index is 1120. The van der Waals surface area contributed by atoms with Crippen LogP contribution >= 0.6 is 0 Å². The molecule has 10 nitrogen and oxygen atoms in total. The summed E-state index contributed by atoms with van der Waals surface area (Å²) in [6.45, 7) is 8.27. The monoisotopic (exact) mass is 581 g/mol. The number of hydrogen-bond donors (Lipinski definition) is 1. The largest absolute Gasteiger partial charge is 0.445 e. The molecule has 11 heteroatoms. The molecule has 0 aliphatic rings. The minimum atomic E-state index is -4.09. The standard InChI is InChI=1S/C29H44N2O8S/c1-24-12-14-26(15-13-24)40(33,34)39-27(31(4,5)16-17-36-20-21-37-19-18-35-6)22-29(2,3)30-28(32)38-23-25-10-8-7-9-11-25/h7-15,27H,16-23H2,1-6H3/p+1. The summed E-state index contributed by atoms with van der Waals surface area (Å²) in [4.78, 5) is 12.7. The van der Waals surface area contributed by atoms with Crippen molar-refractivity contribution in [2.45, 2.75) is 50.5 Å². The molecule has 0 saturated heterocycles. The predicted octanol–water partition coefficient (Wildman–Crippen LogP) is 3.88. The van der Waals surface area contributed by atoms with E-state index >= 15 is 0 Å². The number of ether oxygens (including phenoxy) is 4. The fourth-order valence-corrected chi connectivity index (χ4v) is 4.91. The van der Waals surface area contributed by atoms with Crippen molar-refractivity contribution in [3.05, 3.63) is 65.7 Å². The van der Waals surface area contributed by atoms with Crippen LogP contribution in [0.3, 0.4) is 0 Å². The average molecular weight is 582 g/mol. The first-order valence-corrected chi connectivity index (χ1v) is 14.7. The smallest absolute Gasteiger partial charge is 0.407 e. The highest BCUT2D eigenvalue weighted by Gasteiger charge is 2.39. The number of benzene rings is 2. The van der Waals surface area contributed by atoms with Gasteiger partial charge in [0.25, 0.3) is 0 Å². The summed E-state index contributed by atoms with van der Waals surface area (Å²) >= 11 is 0. The van der Waals surface area contributed by atoms with Crippen LogP contribution in [0.4, 0.5) is 4.79 Å². The van der Waals surface area contributed by atoms with Gasteiger partial charge >= 0.3 is 16.2 Å². The van der Waals surface area contributed by atoms with Crippen molar-refractivity contribution in [2.75, 3.05) is 60.8 Å². The molecule has 2 aromatic carbocycles. The Hall–Kier alpha value is -2.54. The third-order valence-electron chi connectivity index (χ3n) is 6.28. The Morgan fingerprint density at radius 2 is 1.52 bits per heavy atom. The Labute approximate surface area is 239 Å². The molecule has 0 heterocycles. The predicted molar refractivity (Wildman–Crippen MR) is 152 cm³/mol. The van der Waals surface area contributed by atoms with E-state index in [-0.39, 0.29) is 22.4 Å². The molecule has 0 aliphatic carbocycles. The molecule has 0 radical (unpaired) electrons. The lowest BCUT2D eigenvalue weighted by atomic mass is 9.98. The third-order valence-corrected chi connectivity index (χ3v) is 7.61. The number of aryl methyl sites for hydroxylation is 1. The molecule has 1 atom stereocenters. The first kappa shape index (κ1) is 33.7. The zero-order chi connectivity index (χ0) is 29.7. The number of carbonyl (C=O) groups excluding carboxylic acids is 1. The number of carbonyl (C=O) groups is 1. The molecule has 0 aromatic heterocycles. The number of amides is 1. The van der Waals surface area contributed by atoms with Gasteiger partial charge in [-0.05, 0) is 38.5 Å². The summed E-state index contributed by atoms with van der Waals surface area (Å²) in [7, 11) is 1.27. The van der Waals surface area contributed by atoms with E-state index in [4.69, 9.17) is 23.1 Å². The molecule has 0 aliphatic heterocycles. The fourth-order valence-electron chi connectivity index (χ4n) is 3.74. The van der Waals surface area contributed by atoms with Crippen molar-refractivity contribution in [3.63, 3.8) is 0 Å². The van der Waals surface area contributed by atoms with E-state index in [0.717, 1.165) is 11.1 Å². The van der Waals surface area contributed by atoms with Gasteiger partial charge in [0, 0.05) is 12.6 Å². The molecule has 2 rings (SSSR count). The number of rotatable bonds is 18. The summed E-state index contributed by atoms with van der Waals surface area (Å²) in [5.41, 5.74) is 0.948. The first-order valence-electron chi connectivity index (χ1n) is 13.3. The van der Waals surface area contributed by atoms with Gasteiger partial charge in [-0.3, -0.25) is 0 Å². The van der Waals surface area contributed by atoms with Crippen LogP contribution in [-0.2, 0) is 39.9 Å². The summed E-state index contributed by atoms with van der Waals surface area (Å²) < 4.78 is 54.0. The average Bonchev–Trinajstić information content (AvgIpc) is 2.89. The number of alkyl carbamates (subject to hydrolysis) is 1. The van der Waals surface area contributed by atoms with Crippen LogP contribution in [-0.4, -0.2) is 91.5 Å². The molecule has 0 bridgehead atoms. The van der Waals surface area contributed by atoms with E-state index in [9.17, 15) is 13.2 Å². The van der Waals surface area contributed by atoms with Gasteiger partial charge in [-0.25, -0.2) is 8.98 Å². The van der Waals surface area contributed by atoms with Crippen LogP contribution in [0.25, 0.3) is 0 Å². The minimum absolute atomic E-state index is 0.0700. The zero-order valence-electron chi connectivity index (χ0n) is 24.6. The Balaban J connectivity index is 2.08.